The van der Waals surface area contributed by atoms with Crippen LogP contribution in [0.5, 0.6) is 0 Å². The van der Waals surface area contributed by atoms with Crippen molar-refractivity contribution < 1.29 is 0 Å². The quantitative estimate of drug-likeness (QED) is 0.338. The van der Waals surface area contributed by atoms with Crippen LogP contribution < -0.4 is 0 Å². The van der Waals surface area contributed by atoms with E-state index in [0.717, 1.165) is 6.42 Å². The summed E-state index contributed by atoms with van der Waals surface area (Å²) in [5, 5.41) is 0. The molecule has 0 spiro atoms. The molecule has 0 saturated carbocycles. The molecule has 0 amide bonds. The van der Waals surface area contributed by atoms with Crippen LogP contribution >= 0.6 is 0 Å². The zero-order valence-electron chi connectivity index (χ0n) is 11.1. The number of hydrogen-bond donors (Lipinski definition) is 0. The molecule has 0 bridgehead atoms. The summed E-state index contributed by atoms with van der Waals surface area (Å²) >= 11 is 0. The molecule has 0 rings (SSSR count). The fourth-order valence-corrected chi connectivity index (χ4v) is 0.677. The normalized spacial score (nSPS) is 7.29. The number of unbranched alkanes of at least 4 members (excludes halogenated alkanes) is 5. The Morgan fingerprint density at radius 1 is 0.714 bits per heavy atom. The molecule has 0 heterocycles. The summed E-state index contributed by atoms with van der Waals surface area (Å²) in [5.41, 5.74) is 0. The topological polar surface area (TPSA) is 0 Å². The van der Waals surface area contributed by atoms with E-state index in [-0.39, 0.29) is 23.1 Å². The van der Waals surface area contributed by atoms with Crippen molar-refractivity contribution in [3.8, 4) is 0 Å². The Bertz CT molecular complexity index is 38.5. The summed E-state index contributed by atoms with van der Waals surface area (Å²) in [6, 6.07) is 0. The first-order chi connectivity index (χ1) is 6.33. The summed E-state index contributed by atoms with van der Waals surface area (Å²) in [6.45, 7) is 15.2. The van der Waals surface area contributed by atoms with Gasteiger partial charge in [-0.25, -0.2) is 0 Å². The first-order valence-electron chi connectivity index (χ1n) is 5.83. The van der Waals surface area contributed by atoms with E-state index in [1.807, 2.05) is 0 Å². The van der Waals surface area contributed by atoms with Gasteiger partial charge in [0.1, 0.15) is 0 Å². The van der Waals surface area contributed by atoms with Gasteiger partial charge in [-0.3, -0.25) is 0 Å². The van der Waals surface area contributed by atoms with Crippen LogP contribution in [-0.2, 0) is 0 Å². The SMILES string of the molecule is CCCCCCC.[CH2-]C.[CH2-]CCC.[Mg+2]. The van der Waals surface area contributed by atoms with Crippen molar-refractivity contribution in [3.63, 3.8) is 0 Å². The van der Waals surface area contributed by atoms with Gasteiger partial charge < -0.3 is 13.8 Å². The molecule has 1 heteroatoms. The van der Waals surface area contributed by atoms with Crippen LogP contribution in [0.15, 0.2) is 0 Å². The van der Waals surface area contributed by atoms with E-state index in [1.54, 1.807) is 6.92 Å². The second kappa shape index (κ2) is 37.2. The molecule has 0 N–H and O–H groups in total. The fraction of sp³-hybridized carbons (Fsp3) is 0.846. The van der Waals surface area contributed by atoms with E-state index < -0.39 is 0 Å². The summed E-state index contributed by atoms with van der Waals surface area (Å²) < 4.78 is 0. The maximum atomic E-state index is 3.60. The molecule has 0 aliphatic carbocycles. The predicted molar refractivity (Wildman–Crippen MR) is 71.5 cm³/mol. The van der Waals surface area contributed by atoms with Crippen LogP contribution in [0.1, 0.15) is 72.6 Å². The van der Waals surface area contributed by atoms with Crippen molar-refractivity contribution in [3.05, 3.63) is 13.8 Å². The van der Waals surface area contributed by atoms with Gasteiger partial charge in [0, 0.05) is 0 Å². The van der Waals surface area contributed by atoms with Crippen LogP contribution in [-0.4, -0.2) is 23.1 Å². The molecule has 84 valence electrons. The van der Waals surface area contributed by atoms with Crippen molar-refractivity contribution >= 4 is 23.1 Å². The molecule has 0 unspecified atom stereocenters. The summed E-state index contributed by atoms with van der Waals surface area (Å²) in [7, 11) is 0. The van der Waals surface area contributed by atoms with Gasteiger partial charge in [-0.1, -0.05) is 59.3 Å². The molecule has 0 saturated heterocycles. The van der Waals surface area contributed by atoms with Crippen molar-refractivity contribution in [2.45, 2.75) is 72.6 Å². The minimum Gasteiger partial charge on any atom is -0.346 e. The van der Waals surface area contributed by atoms with Crippen LogP contribution in [0, 0.1) is 13.8 Å². The smallest absolute Gasteiger partial charge is 0.346 e. The molecule has 0 radical (unpaired) electrons. The van der Waals surface area contributed by atoms with Crippen molar-refractivity contribution in [1.82, 2.24) is 0 Å². The average molecular weight is 211 g/mol. The molecule has 0 fully saturated rings. The van der Waals surface area contributed by atoms with E-state index in [1.165, 1.54) is 38.5 Å². The molecule has 0 nitrogen and oxygen atoms in total. The third-order valence-corrected chi connectivity index (χ3v) is 1.56. The van der Waals surface area contributed by atoms with Gasteiger partial charge in [0.2, 0.25) is 0 Å². The maximum absolute atomic E-state index is 3.60. The molecule has 0 aromatic rings. The van der Waals surface area contributed by atoms with Gasteiger partial charge in [-0.15, -0.1) is 0 Å². The summed E-state index contributed by atoms with van der Waals surface area (Å²) in [5.74, 6) is 0. The maximum Gasteiger partial charge on any atom is 2.00 e. The number of rotatable bonds is 5. The van der Waals surface area contributed by atoms with Gasteiger partial charge in [-0.05, 0) is 0 Å². The van der Waals surface area contributed by atoms with Gasteiger partial charge >= 0.3 is 23.1 Å². The Hall–Kier alpha value is 0.766. The van der Waals surface area contributed by atoms with E-state index >= 15 is 0 Å². The van der Waals surface area contributed by atoms with E-state index in [9.17, 15) is 0 Å². The van der Waals surface area contributed by atoms with Crippen molar-refractivity contribution in [1.29, 1.82) is 0 Å². The zero-order chi connectivity index (χ0) is 10.9. The molecule has 0 aromatic carbocycles. The van der Waals surface area contributed by atoms with Gasteiger partial charge in [0.05, 0.1) is 0 Å². The fourth-order valence-electron chi connectivity index (χ4n) is 0.677. The first-order valence-corrected chi connectivity index (χ1v) is 5.83. The van der Waals surface area contributed by atoms with Gasteiger partial charge in [-0.2, -0.15) is 13.3 Å². The first kappa shape index (κ1) is 24.1. The van der Waals surface area contributed by atoms with E-state index in [2.05, 4.69) is 34.6 Å². The van der Waals surface area contributed by atoms with Crippen LogP contribution in [0.25, 0.3) is 0 Å². The standard InChI is InChI=1S/C7H16.C4H9.C2H5.Mg/c1-3-5-7-6-4-2;1-3-4-2;1-2;/h3-7H2,1-2H3;1,3-4H2,2H3;1H2,2H3;/q;2*-1;+2. The van der Waals surface area contributed by atoms with E-state index in [4.69, 9.17) is 0 Å². The van der Waals surface area contributed by atoms with E-state index in [0.29, 0.717) is 0 Å². The van der Waals surface area contributed by atoms with Crippen LogP contribution in [0.2, 0.25) is 0 Å². The Labute approximate surface area is 109 Å². The largest absolute Gasteiger partial charge is 2.00 e. The Morgan fingerprint density at radius 2 is 1.00 bits per heavy atom. The second-order valence-corrected chi connectivity index (χ2v) is 2.91. The molecule has 14 heavy (non-hydrogen) atoms. The Kier molecular flexibility index (Phi) is 64.1. The second-order valence-electron chi connectivity index (χ2n) is 2.91. The molecule has 0 atom stereocenters. The van der Waals surface area contributed by atoms with Crippen molar-refractivity contribution in [2.75, 3.05) is 0 Å². The third kappa shape index (κ3) is 53.2. The summed E-state index contributed by atoms with van der Waals surface area (Å²) in [4.78, 5) is 0. The van der Waals surface area contributed by atoms with Gasteiger partial charge in [0.15, 0.2) is 0 Å². The van der Waals surface area contributed by atoms with Crippen LogP contribution in [0.4, 0.5) is 0 Å². The Morgan fingerprint density at radius 3 is 1.14 bits per heavy atom. The number of hydrogen-bond acceptors (Lipinski definition) is 0. The molecule has 0 aliphatic heterocycles. The molecular weight excluding hydrogens is 180 g/mol. The average Bonchev–Trinajstić information content (AvgIpc) is 2.22. The molecule has 0 aliphatic rings. The molecule has 0 aromatic heterocycles. The van der Waals surface area contributed by atoms with Crippen LogP contribution in [0.3, 0.4) is 0 Å². The zero-order valence-corrected chi connectivity index (χ0v) is 12.5. The predicted octanol–water partition coefficient (Wildman–Crippen LogP) is 5.06. The molecular formula is C13H30Mg. The minimum atomic E-state index is 0. The Balaban J connectivity index is -0.0000000620. The monoisotopic (exact) mass is 210 g/mol. The van der Waals surface area contributed by atoms with Gasteiger partial charge in [0.25, 0.3) is 0 Å². The summed E-state index contributed by atoms with van der Waals surface area (Å²) in [6.07, 6.45) is 9.29. The third-order valence-electron chi connectivity index (χ3n) is 1.56. The van der Waals surface area contributed by atoms with Crippen molar-refractivity contribution in [2.24, 2.45) is 0 Å². The minimum absolute atomic E-state index is 0.